The van der Waals surface area contributed by atoms with Crippen molar-refractivity contribution in [3.05, 3.63) is 64.8 Å². The van der Waals surface area contributed by atoms with Gasteiger partial charge in [0.2, 0.25) is 0 Å². The van der Waals surface area contributed by atoms with E-state index in [2.05, 4.69) is 64.2 Å². The number of carbonyl (C=O) groups is 2. The average molecular weight is 550 g/mol. The van der Waals surface area contributed by atoms with Crippen LogP contribution in [0.15, 0.2) is 47.4 Å². The summed E-state index contributed by atoms with van der Waals surface area (Å²) in [6, 6.07) is 15.2. The van der Waals surface area contributed by atoms with Gasteiger partial charge in [-0.2, -0.15) is 0 Å². The fourth-order valence-electron chi connectivity index (χ4n) is 5.29. The lowest BCUT2D eigenvalue weighted by Crippen LogP contribution is -2.37. The van der Waals surface area contributed by atoms with E-state index in [0.29, 0.717) is 13.1 Å². The van der Waals surface area contributed by atoms with Crippen LogP contribution in [0.4, 0.5) is 0 Å². The van der Waals surface area contributed by atoms with Crippen LogP contribution in [0.3, 0.4) is 0 Å². The van der Waals surface area contributed by atoms with E-state index in [1.165, 1.54) is 32.6 Å². The zero-order chi connectivity index (χ0) is 28.0. The van der Waals surface area contributed by atoms with Crippen LogP contribution in [0.25, 0.3) is 10.9 Å². The predicted molar refractivity (Wildman–Crippen MR) is 160 cm³/mol. The molecule has 3 heterocycles. The molecule has 1 saturated heterocycles. The fourth-order valence-corrected chi connectivity index (χ4v) is 5.69. The largest absolute Gasteiger partial charge is 0.467 e. The van der Waals surface area contributed by atoms with Crippen LogP contribution in [0.5, 0.6) is 0 Å². The van der Waals surface area contributed by atoms with Gasteiger partial charge in [0.15, 0.2) is 0 Å². The first-order valence-electron chi connectivity index (χ1n) is 14.0. The molecule has 0 saturated carbocycles. The Hall–Kier alpha value is -2.77. The summed E-state index contributed by atoms with van der Waals surface area (Å²) >= 11 is 1.78. The zero-order valence-corrected chi connectivity index (χ0v) is 24.9. The van der Waals surface area contributed by atoms with Gasteiger partial charge in [-0.1, -0.05) is 39.8 Å². The minimum Gasteiger partial charge on any atom is -0.467 e. The molecule has 1 amide bonds. The molecule has 210 valence electrons. The molecular weight excluding hydrogens is 506 g/mol. The lowest BCUT2D eigenvalue weighted by molar-refractivity contribution is -0.131. The SMILES string of the molecule is CC(C)(C)COC=O.CSc1ccc(Cn2c3c(c4cc(C(=O)N5CCC(C)CC5)ccc42)CNCC3)cc1. The molecule has 0 unspecified atom stereocenters. The Morgan fingerprint density at radius 3 is 2.46 bits per heavy atom. The van der Waals surface area contributed by atoms with Gasteiger partial charge in [-0.15, -0.1) is 11.8 Å². The Balaban J connectivity index is 0.000000386. The number of amides is 1. The van der Waals surface area contributed by atoms with Gasteiger partial charge >= 0.3 is 0 Å². The second kappa shape index (κ2) is 13.1. The Labute approximate surface area is 237 Å². The number of likely N-dealkylation sites (tertiary alicyclic amines) is 1. The van der Waals surface area contributed by atoms with Gasteiger partial charge in [-0.25, -0.2) is 0 Å². The standard InChI is InChI=1S/C26H31N3OS.C6H12O2/c1-18-10-13-28(14-11-18)26(30)20-5-8-24-22(15-20)23-16-27-12-9-25(23)29(24)17-19-3-6-21(31-2)7-4-19;1-6(2,3)4-8-5-7/h3-8,15,18,27H,9-14,16-17H2,1-2H3;5H,4H2,1-3H3. The lowest BCUT2D eigenvalue weighted by Gasteiger charge is -2.30. The monoisotopic (exact) mass is 549 g/mol. The van der Waals surface area contributed by atoms with Gasteiger partial charge in [0.25, 0.3) is 12.4 Å². The van der Waals surface area contributed by atoms with Gasteiger partial charge < -0.3 is 19.5 Å². The van der Waals surface area contributed by atoms with Crippen LogP contribution in [-0.4, -0.2) is 54.3 Å². The van der Waals surface area contributed by atoms with Crippen molar-refractivity contribution in [1.29, 1.82) is 0 Å². The number of aromatic nitrogens is 1. The Morgan fingerprint density at radius 2 is 1.85 bits per heavy atom. The smallest absolute Gasteiger partial charge is 0.293 e. The minimum atomic E-state index is 0.0981. The van der Waals surface area contributed by atoms with E-state index in [0.717, 1.165) is 63.5 Å². The molecule has 2 aliphatic rings. The van der Waals surface area contributed by atoms with Crippen molar-refractivity contribution in [2.24, 2.45) is 11.3 Å². The van der Waals surface area contributed by atoms with E-state index >= 15 is 0 Å². The maximum absolute atomic E-state index is 13.2. The highest BCUT2D eigenvalue weighted by Crippen LogP contribution is 2.31. The summed E-state index contributed by atoms with van der Waals surface area (Å²) in [6.45, 7) is 13.8. The van der Waals surface area contributed by atoms with E-state index in [4.69, 9.17) is 0 Å². The molecule has 7 heteroatoms. The first-order valence-corrected chi connectivity index (χ1v) is 15.2. The molecule has 1 aromatic heterocycles. The highest BCUT2D eigenvalue weighted by molar-refractivity contribution is 7.98. The van der Waals surface area contributed by atoms with E-state index < -0.39 is 0 Å². The first kappa shape index (κ1) is 29.2. The summed E-state index contributed by atoms with van der Waals surface area (Å²) < 4.78 is 6.99. The number of carbonyl (C=O) groups excluding carboxylic acids is 2. The topological polar surface area (TPSA) is 63.6 Å². The summed E-state index contributed by atoms with van der Waals surface area (Å²) in [5, 5.41) is 4.77. The molecule has 3 aromatic rings. The maximum Gasteiger partial charge on any atom is 0.293 e. The molecule has 39 heavy (non-hydrogen) atoms. The highest BCUT2D eigenvalue weighted by atomic mass is 32.2. The first-order chi connectivity index (χ1) is 18.7. The number of nitrogens with one attached hydrogen (secondary N) is 1. The number of hydrogen-bond acceptors (Lipinski definition) is 5. The number of fused-ring (bicyclic) bond motifs is 3. The van der Waals surface area contributed by atoms with Crippen LogP contribution in [-0.2, 0) is 29.0 Å². The quantitative estimate of drug-likeness (QED) is 0.296. The minimum absolute atomic E-state index is 0.0981. The van der Waals surface area contributed by atoms with E-state index in [1.807, 2.05) is 31.7 Å². The molecule has 1 fully saturated rings. The van der Waals surface area contributed by atoms with E-state index in [9.17, 15) is 9.59 Å². The van der Waals surface area contributed by atoms with Crippen molar-refractivity contribution in [1.82, 2.24) is 14.8 Å². The highest BCUT2D eigenvalue weighted by Gasteiger charge is 2.24. The molecular formula is C32H43N3O3S. The average Bonchev–Trinajstić information content (AvgIpc) is 3.25. The molecule has 1 N–H and O–H groups in total. The maximum atomic E-state index is 13.2. The van der Waals surface area contributed by atoms with Crippen molar-refractivity contribution in [2.45, 2.75) is 64.9 Å². The molecule has 0 aliphatic carbocycles. The number of thioether (sulfide) groups is 1. The Bertz CT molecular complexity index is 1270. The van der Waals surface area contributed by atoms with E-state index in [-0.39, 0.29) is 11.3 Å². The predicted octanol–water partition coefficient (Wildman–Crippen LogP) is 6.13. The molecule has 6 nitrogen and oxygen atoms in total. The summed E-state index contributed by atoms with van der Waals surface area (Å²) in [6.07, 6.45) is 5.36. The second-order valence-electron chi connectivity index (χ2n) is 12.0. The molecule has 2 aliphatic heterocycles. The molecule has 0 bridgehead atoms. The van der Waals surface area contributed by atoms with Gasteiger partial charge in [0, 0.05) is 66.2 Å². The van der Waals surface area contributed by atoms with Gasteiger partial charge in [0.1, 0.15) is 0 Å². The van der Waals surface area contributed by atoms with Crippen molar-refractivity contribution in [3.63, 3.8) is 0 Å². The number of rotatable bonds is 6. The number of hydrogen-bond donors (Lipinski definition) is 1. The number of nitrogens with zero attached hydrogens (tertiary/aromatic N) is 2. The third-order valence-electron chi connectivity index (χ3n) is 7.53. The summed E-state index contributed by atoms with van der Waals surface area (Å²) in [7, 11) is 0. The number of benzene rings is 2. The zero-order valence-electron chi connectivity index (χ0n) is 24.1. The van der Waals surface area contributed by atoms with Gasteiger partial charge in [-0.05, 0) is 71.9 Å². The molecule has 0 radical (unpaired) electrons. The number of ether oxygens (including phenoxy) is 1. The van der Waals surface area contributed by atoms with Crippen LogP contribution in [0.1, 0.15) is 67.7 Å². The van der Waals surface area contributed by atoms with Crippen molar-refractivity contribution < 1.29 is 14.3 Å². The third-order valence-corrected chi connectivity index (χ3v) is 8.27. The Morgan fingerprint density at radius 1 is 1.13 bits per heavy atom. The van der Waals surface area contributed by atoms with Crippen LogP contribution in [0.2, 0.25) is 0 Å². The summed E-state index contributed by atoms with van der Waals surface area (Å²) in [5.74, 6) is 0.912. The number of piperidine rings is 1. The van der Waals surface area contributed by atoms with Crippen molar-refractivity contribution >= 4 is 35.0 Å². The fraction of sp³-hybridized carbons (Fsp3) is 0.500. The van der Waals surface area contributed by atoms with E-state index in [1.54, 1.807) is 11.8 Å². The lowest BCUT2D eigenvalue weighted by atomic mass is 9.98. The summed E-state index contributed by atoms with van der Waals surface area (Å²) in [4.78, 5) is 26.1. The third kappa shape index (κ3) is 7.46. The van der Waals surface area contributed by atoms with Crippen molar-refractivity contribution in [2.75, 3.05) is 32.5 Å². The second-order valence-corrected chi connectivity index (χ2v) is 12.8. The Kier molecular flexibility index (Phi) is 9.78. The normalized spacial score (nSPS) is 15.9. The summed E-state index contributed by atoms with van der Waals surface area (Å²) in [5.41, 5.74) is 6.27. The molecule has 0 atom stereocenters. The molecule has 5 rings (SSSR count). The van der Waals surface area contributed by atoms with Gasteiger partial charge in [-0.3, -0.25) is 9.59 Å². The van der Waals surface area contributed by atoms with Gasteiger partial charge in [0.05, 0.1) is 6.61 Å². The van der Waals surface area contributed by atoms with Crippen molar-refractivity contribution in [3.8, 4) is 0 Å². The van der Waals surface area contributed by atoms with Crippen LogP contribution < -0.4 is 5.32 Å². The molecule has 0 spiro atoms. The van der Waals surface area contributed by atoms with Crippen LogP contribution in [0, 0.1) is 11.3 Å². The van der Waals surface area contributed by atoms with Crippen LogP contribution >= 0.6 is 11.8 Å². The molecule has 2 aromatic carbocycles.